The molecule has 7 heteroatoms. The molecule has 1 aromatic heterocycles. The third-order valence-corrected chi connectivity index (χ3v) is 2.76. The number of alkyl halides is 3. The van der Waals surface area contributed by atoms with Crippen LogP contribution in [0.25, 0.3) is 11.1 Å². The zero-order valence-electron chi connectivity index (χ0n) is 10.5. The predicted octanol–water partition coefficient (Wildman–Crippen LogP) is 3.53. The Morgan fingerprint density at radius 3 is 2.48 bits per heavy atom. The van der Waals surface area contributed by atoms with Gasteiger partial charge in [0.05, 0.1) is 17.7 Å². The number of nitrogens with zero attached hydrogens (tertiary/aromatic N) is 1. The van der Waals surface area contributed by atoms with Gasteiger partial charge in [-0.3, -0.25) is 9.78 Å². The summed E-state index contributed by atoms with van der Waals surface area (Å²) in [7, 11) is 0. The molecule has 0 aliphatic heterocycles. The second-order valence-corrected chi connectivity index (χ2v) is 4.30. The van der Waals surface area contributed by atoms with Crippen LogP contribution in [0.15, 0.2) is 36.5 Å². The minimum atomic E-state index is -4.49. The van der Waals surface area contributed by atoms with Crippen LogP contribution in [0.2, 0.25) is 0 Å². The van der Waals surface area contributed by atoms with E-state index in [-0.39, 0.29) is 16.8 Å². The van der Waals surface area contributed by atoms with Gasteiger partial charge in [-0.1, -0.05) is 12.1 Å². The summed E-state index contributed by atoms with van der Waals surface area (Å²) < 4.78 is 51.5. The van der Waals surface area contributed by atoms with Crippen LogP contribution in [0.3, 0.4) is 0 Å². The van der Waals surface area contributed by atoms with Crippen LogP contribution in [-0.4, -0.2) is 16.1 Å². The van der Waals surface area contributed by atoms with E-state index in [0.717, 1.165) is 24.4 Å². The lowest BCUT2D eigenvalue weighted by Gasteiger charge is -2.09. The number of aromatic nitrogens is 1. The lowest BCUT2D eigenvalue weighted by Crippen LogP contribution is -2.06. The van der Waals surface area contributed by atoms with E-state index in [4.69, 9.17) is 5.11 Å². The number of hydrogen-bond donors (Lipinski definition) is 1. The van der Waals surface area contributed by atoms with Crippen molar-refractivity contribution in [3.05, 3.63) is 53.6 Å². The standard InChI is InChI=1S/C14H9F4NO2/c15-11-5-9(7-19-12(11)6-13(20)21)8-2-1-3-10(4-8)14(16,17)18/h1-5,7H,6H2,(H,20,21). The number of halogens is 4. The number of hydrogen-bond acceptors (Lipinski definition) is 2. The fourth-order valence-electron chi connectivity index (χ4n) is 1.77. The summed E-state index contributed by atoms with van der Waals surface area (Å²) in [5.41, 5.74) is -0.820. The molecule has 1 aromatic carbocycles. The number of carboxylic acids is 1. The molecule has 0 spiro atoms. The lowest BCUT2D eigenvalue weighted by molar-refractivity contribution is -0.138. The number of carboxylic acid groups (broad SMARTS) is 1. The van der Waals surface area contributed by atoms with E-state index in [2.05, 4.69) is 4.98 Å². The van der Waals surface area contributed by atoms with E-state index >= 15 is 0 Å². The van der Waals surface area contributed by atoms with Crippen LogP contribution in [0.4, 0.5) is 17.6 Å². The predicted molar refractivity (Wildman–Crippen MR) is 66.0 cm³/mol. The largest absolute Gasteiger partial charge is 0.481 e. The van der Waals surface area contributed by atoms with Crippen LogP contribution in [0.5, 0.6) is 0 Å². The van der Waals surface area contributed by atoms with Gasteiger partial charge in [0.1, 0.15) is 5.82 Å². The van der Waals surface area contributed by atoms with Crippen LogP contribution in [-0.2, 0) is 17.4 Å². The molecule has 0 fully saturated rings. The second kappa shape index (κ2) is 5.51. The molecule has 0 unspecified atom stereocenters. The van der Waals surface area contributed by atoms with Gasteiger partial charge in [-0.2, -0.15) is 13.2 Å². The van der Waals surface area contributed by atoms with Crippen molar-refractivity contribution in [3.8, 4) is 11.1 Å². The van der Waals surface area contributed by atoms with Gasteiger partial charge in [-0.25, -0.2) is 4.39 Å². The fourth-order valence-corrected chi connectivity index (χ4v) is 1.77. The summed E-state index contributed by atoms with van der Waals surface area (Å²) in [6.07, 6.45) is -3.93. The van der Waals surface area contributed by atoms with Crippen molar-refractivity contribution >= 4 is 5.97 Å². The summed E-state index contributed by atoms with van der Waals surface area (Å²) in [6, 6.07) is 5.37. The number of benzene rings is 1. The first-order chi connectivity index (χ1) is 9.77. The Labute approximate surface area is 116 Å². The van der Waals surface area contributed by atoms with Crippen LogP contribution >= 0.6 is 0 Å². The van der Waals surface area contributed by atoms with Crippen LogP contribution in [0, 0.1) is 5.82 Å². The molecule has 3 nitrogen and oxygen atoms in total. The zero-order chi connectivity index (χ0) is 15.6. The monoisotopic (exact) mass is 299 g/mol. The van der Waals surface area contributed by atoms with Crippen molar-refractivity contribution in [1.29, 1.82) is 0 Å². The van der Waals surface area contributed by atoms with Crippen molar-refractivity contribution < 1.29 is 27.5 Å². The van der Waals surface area contributed by atoms with E-state index in [1.165, 1.54) is 12.1 Å². The molecule has 0 amide bonds. The molecular formula is C14H9F4NO2. The highest BCUT2D eigenvalue weighted by Gasteiger charge is 2.30. The van der Waals surface area contributed by atoms with Gasteiger partial charge in [0.25, 0.3) is 0 Å². The molecule has 0 saturated carbocycles. The van der Waals surface area contributed by atoms with E-state index in [0.29, 0.717) is 0 Å². The Morgan fingerprint density at radius 1 is 1.19 bits per heavy atom. The Bertz CT molecular complexity index is 683. The van der Waals surface area contributed by atoms with Crippen molar-refractivity contribution in [1.82, 2.24) is 4.98 Å². The maximum absolute atomic E-state index is 13.7. The van der Waals surface area contributed by atoms with Crippen molar-refractivity contribution in [2.75, 3.05) is 0 Å². The van der Waals surface area contributed by atoms with Crippen molar-refractivity contribution in [3.63, 3.8) is 0 Å². The number of aliphatic carboxylic acids is 1. The molecule has 0 aliphatic carbocycles. The Morgan fingerprint density at radius 2 is 1.90 bits per heavy atom. The summed E-state index contributed by atoms with van der Waals surface area (Å²) in [4.78, 5) is 14.1. The third kappa shape index (κ3) is 3.56. The van der Waals surface area contributed by atoms with Crippen molar-refractivity contribution in [2.24, 2.45) is 0 Å². The van der Waals surface area contributed by atoms with Crippen LogP contribution < -0.4 is 0 Å². The maximum Gasteiger partial charge on any atom is 0.416 e. The zero-order valence-corrected chi connectivity index (χ0v) is 10.5. The van der Waals surface area contributed by atoms with Gasteiger partial charge >= 0.3 is 12.1 Å². The topological polar surface area (TPSA) is 50.2 Å². The quantitative estimate of drug-likeness (QED) is 0.882. The van der Waals surface area contributed by atoms with Gasteiger partial charge in [0.15, 0.2) is 0 Å². The minimum absolute atomic E-state index is 0.146. The third-order valence-electron chi connectivity index (χ3n) is 2.76. The smallest absolute Gasteiger partial charge is 0.416 e. The van der Waals surface area contributed by atoms with Gasteiger partial charge < -0.3 is 5.11 Å². The first-order valence-electron chi connectivity index (χ1n) is 5.81. The average molecular weight is 299 g/mol. The van der Waals surface area contributed by atoms with E-state index in [1.54, 1.807) is 0 Å². The summed E-state index contributed by atoms with van der Waals surface area (Å²) >= 11 is 0. The number of carbonyl (C=O) groups is 1. The van der Waals surface area contributed by atoms with Crippen molar-refractivity contribution in [2.45, 2.75) is 12.6 Å². The maximum atomic E-state index is 13.7. The molecule has 110 valence electrons. The minimum Gasteiger partial charge on any atom is -0.481 e. The van der Waals surface area contributed by atoms with Gasteiger partial charge in [0.2, 0.25) is 0 Å². The first-order valence-corrected chi connectivity index (χ1v) is 5.81. The molecule has 2 aromatic rings. The van der Waals surface area contributed by atoms with E-state index < -0.39 is 29.9 Å². The lowest BCUT2D eigenvalue weighted by atomic mass is 10.0. The van der Waals surface area contributed by atoms with E-state index in [1.807, 2.05) is 0 Å². The van der Waals surface area contributed by atoms with Crippen LogP contribution in [0.1, 0.15) is 11.3 Å². The van der Waals surface area contributed by atoms with Gasteiger partial charge in [0, 0.05) is 11.8 Å². The molecule has 0 bridgehead atoms. The first kappa shape index (κ1) is 15.0. The SMILES string of the molecule is O=C(O)Cc1ncc(-c2cccc(C(F)(F)F)c2)cc1F. The molecule has 0 atom stereocenters. The molecule has 0 radical (unpaired) electrons. The molecule has 21 heavy (non-hydrogen) atoms. The Kier molecular flexibility index (Phi) is 3.93. The average Bonchev–Trinajstić information content (AvgIpc) is 2.40. The molecular weight excluding hydrogens is 290 g/mol. The second-order valence-electron chi connectivity index (χ2n) is 4.30. The summed E-state index contributed by atoms with van der Waals surface area (Å²) in [6.45, 7) is 0. The molecule has 0 saturated heterocycles. The fraction of sp³-hybridized carbons (Fsp3) is 0.143. The Hall–Kier alpha value is -2.44. The summed E-state index contributed by atoms with van der Waals surface area (Å²) in [5.74, 6) is -2.11. The molecule has 0 aliphatic rings. The number of pyridine rings is 1. The Balaban J connectivity index is 2.39. The summed E-state index contributed by atoms with van der Waals surface area (Å²) in [5, 5.41) is 8.57. The molecule has 1 N–H and O–H groups in total. The van der Waals surface area contributed by atoms with Gasteiger partial charge in [-0.05, 0) is 23.8 Å². The highest BCUT2D eigenvalue weighted by Crippen LogP contribution is 2.32. The molecule has 1 heterocycles. The van der Waals surface area contributed by atoms with Gasteiger partial charge in [-0.15, -0.1) is 0 Å². The number of rotatable bonds is 3. The normalized spacial score (nSPS) is 11.4. The highest BCUT2D eigenvalue weighted by atomic mass is 19.4. The van der Waals surface area contributed by atoms with E-state index in [9.17, 15) is 22.4 Å². The highest BCUT2D eigenvalue weighted by molar-refractivity contribution is 5.70. The molecule has 2 rings (SSSR count).